The van der Waals surface area contributed by atoms with Gasteiger partial charge in [-0.15, -0.1) is 0 Å². The minimum absolute atomic E-state index is 0.299. The molecule has 0 saturated carbocycles. The van der Waals surface area contributed by atoms with Crippen molar-refractivity contribution in [2.45, 2.75) is 19.4 Å². The van der Waals surface area contributed by atoms with Gasteiger partial charge in [0.1, 0.15) is 6.61 Å². The van der Waals surface area contributed by atoms with Crippen LogP contribution in [0.25, 0.3) is 0 Å². The van der Waals surface area contributed by atoms with Crippen molar-refractivity contribution < 1.29 is 14.3 Å². The molecule has 0 saturated heterocycles. The Hall–Kier alpha value is -1.59. The summed E-state index contributed by atoms with van der Waals surface area (Å²) in [4.78, 5) is 13.6. The van der Waals surface area contributed by atoms with Gasteiger partial charge < -0.3 is 19.7 Å². The highest BCUT2D eigenvalue weighted by atomic mass is 16.5. The second kappa shape index (κ2) is 11.1. The molecule has 0 bridgehead atoms. The van der Waals surface area contributed by atoms with Crippen molar-refractivity contribution in [1.82, 2.24) is 10.2 Å². The Kier molecular flexibility index (Phi) is 9.24. The number of carbonyl (C=O) groups excluding carboxylic acids is 1. The molecule has 5 nitrogen and oxygen atoms in total. The van der Waals surface area contributed by atoms with Crippen molar-refractivity contribution in [2.75, 3.05) is 40.4 Å². The number of hydrogen-bond donors (Lipinski definition) is 1. The van der Waals surface area contributed by atoms with E-state index in [-0.39, 0.29) is 6.09 Å². The first kappa shape index (κ1) is 17.5. The van der Waals surface area contributed by atoms with Crippen LogP contribution in [-0.4, -0.2) is 51.4 Å². The van der Waals surface area contributed by atoms with E-state index in [0.29, 0.717) is 19.8 Å². The molecule has 1 aromatic rings. The lowest BCUT2D eigenvalue weighted by Crippen LogP contribution is -2.26. The second-order valence-electron chi connectivity index (χ2n) is 5.11. The molecule has 1 rings (SSSR count). The minimum atomic E-state index is -0.383. The lowest BCUT2D eigenvalue weighted by atomic mass is 10.2. The molecule has 0 aliphatic heterocycles. The molecule has 21 heavy (non-hydrogen) atoms. The Morgan fingerprint density at radius 3 is 2.57 bits per heavy atom. The Labute approximate surface area is 127 Å². The number of amides is 1. The fourth-order valence-electron chi connectivity index (χ4n) is 1.72. The first-order valence-electron chi connectivity index (χ1n) is 7.35. The van der Waals surface area contributed by atoms with Crippen LogP contribution in [0.5, 0.6) is 0 Å². The van der Waals surface area contributed by atoms with Crippen LogP contribution < -0.4 is 5.32 Å². The number of alkyl carbamates (subject to hydrolysis) is 1. The third-order valence-electron chi connectivity index (χ3n) is 2.84. The van der Waals surface area contributed by atoms with E-state index in [0.717, 1.165) is 31.6 Å². The largest absolute Gasteiger partial charge is 0.445 e. The number of hydrogen-bond acceptors (Lipinski definition) is 4. The van der Waals surface area contributed by atoms with Crippen LogP contribution >= 0.6 is 0 Å². The van der Waals surface area contributed by atoms with Gasteiger partial charge in [-0.3, -0.25) is 0 Å². The Bertz CT molecular complexity index is 382. The molecule has 0 fully saturated rings. The van der Waals surface area contributed by atoms with Crippen molar-refractivity contribution in [2.24, 2.45) is 0 Å². The van der Waals surface area contributed by atoms with Crippen molar-refractivity contribution in [3.63, 3.8) is 0 Å². The van der Waals surface area contributed by atoms with Crippen molar-refractivity contribution in [1.29, 1.82) is 0 Å². The average Bonchev–Trinajstić information content (AvgIpc) is 2.48. The van der Waals surface area contributed by atoms with Crippen LogP contribution in [0.3, 0.4) is 0 Å². The molecule has 1 N–H and O–H groups in total. The molecular formula is C16H26N2O3. The van der Waals surface area contributed by atoms with Gasteiger partial charge in [-0.1, -0.05) is 30.3 Å². The summed E-state index contributed by atoms with van der Waals surface area (Å²) >= 11 is 0. The first-order chi connectivity index (χ1) is 10.2. The number of carbonyl (C=O) groups is 1. The molecule has 0 spiro atoms. The molecule has 1 aromatic carbocycles. The van der Waals surface area contributed by atoms with E-state index in [9.17, 15) is 4.79 Å². The Morgan fingerprint density at radius 2 is 1.86 bits per heavy atom. The van der Waals surface area contributed by atoms with Crippen molar-refractivity contribution in [3.05, 3.63) is 35.9 Å². The van der Waals surface area contributed by atoms with E-state index < -0.39 is 0 Å². The fraction of sp³-hybridized carbons (Fsp3) is 0.562. The number of ether oxygens (including phenoxy) is 2. The SMILES string of the molecule is CN(C)CCCOCCCNC(=O)OCc1ccccc1. The molecule has 1 amide bonds. The summed E-state index contributed by atoms with van der Waals surface area (Å²) in [5, 5.41) is 2.71. The van der Waals surface area contributed by atoms with Gasteiger partial charge in [0.2, 0.25) is 0 Å². The molecular weight excluding hydrogens is 268 g/mol. The highest BCUT2D eigenvalue weighted by Crippen LogP contribution is 2.00. The zero-order valence-corrected chi connectivity index (χ0v) is 13.0. The highest BCUT2D eigenvalue weighted by molar-refractivity contribution is 5.67. The number of nitrogens with zero attached hydrogens (tertiary/aromatic N) is 1. The van der Waals surface area contributed by atoms with Gasteiger partial charge in [0.05, 0.1) is 0 Å². The third-order valence-corrected chi connectivity index (χ3v) is 2.84. The van der Waals surface area contributed by atoms with Crippen LogP contribution in [0, 0.1) is 0 Å². The standard InChI is InChI=1S/C16H26N2O3/c1-18(2)11-7-13-20-12-6-10-17-16(19)21-14-15-8-4-3-5-9-15/h3-5,8-9H,6-7,10-14H2,1-2H3,(H,17,19). The average molecular weight is 294 g/mol. The zero-order valence-electron chi connectivity index (χ0n) is 13.0. The van der Waals surface area contributed by atoms with Gasteiger partial charge in [0, 0.05) is 19.8 Å². The number of nitrogens with one attached hydrogen (secondary N) is 1. The summed E-state index contributed by atoms with van der Waals surface area (Å²) in [5.41, 5.74) is 0.983. The lowest BCUT2D eigenvalue weighted by molar-refractivity contribution is 0.119. The maximum absolute atomic E-state index is 11.4. The van der Waals surface area contributed by atoms with Crippen LogP contribution in [0.2, 0.25) is 0 Å². The van der Waals surface area contributed by atoms with Crippen molar-refractivity contribution >= 4 is 6.09 Å². The van der Waals surface area contributed by atoms with Gasteiger partial charge in [-0.05, 0) is 39.0 Å². The van der Waals surface area contributed by atoms with E-state index in [1.165, 1.54) is 0 Å². The van der Waals surface area contributed by atoms with E-state index in [1.54, 1.807) is 0 Å². The topological polar surface area (TPSA) is 50.8 Å². The second-order valence-corrected chi connectivity index (χ2v) is 5.11. The van der Waals surface area contributed by atoms with Gasteiger partial charge in [0.15, 0.2) is 0 Å². The quantitative estimate of drug-likeness (QED) is 0.673. The van der Waals surface area contributed by atoms with Crippen LogP contribution in [-0.2, 0) is 16.1 Å². The molecule has 0 unspecified atom stereocenters. The fourth-order valence-corrected chi connectivity index (χ4v) is 1.72. The van der Waals surface area contributed by atoms with Crippen LogP contribution in [0.15, 0.2) is 30.3 Å². The van der Waals surface area contributed by atoms with E-state index in [2.05, 4.69) is 10.2 Å². The smallest absolute Gasteiger partial charge is 0.407 e. The van der Waals surface area contributed by atoms with Crippen molar-refractivity contribution in [3.8, 4) is 0 Å². The zero-order chi connectivity index (χ0) is 15.3. The molecule has 5 heteroatoms. The van der Waals surface area contributed by atoms with Gasteiger partial charge in [0.25, 0.3) is 0 Å². The lowest BCUT2D eigenvalue weighted by Gasteiger charge is -2.10. The molecule has 0 heterocycles. The third kappa shape index (κ3) is 9.87. The van der Waals surface area contributed by atoms with Gasteiger partial charge in [-0.2, -0.15) is 0 Å². The maximum Gasteiger partial charge on any atom is 0.407 e. The number of benzene rings is 1. The Balaban J connectivity index is 1.92. The predicted molar refractivity (Wildman–Crippen MR) is 83.2 cm³/mol. The van der Waals surface area contributed by atoms with E-state index in [4.69, 9.17) is 9.47 Å². The first-order valence-corrected chi connectivity index (χ1v) is 7.35. The molecule has 0 radical (unpaired) electrons. The summed E-state index contributed by atoms with van der Waals surface area (Å²) in [6.07, 6.45) is 1.44. The molecule has 118 valence electrons. The molecule has 0 aliphatic rings. The summed E-state index contributed by atoms with van der Waals surface area (Å²) in [6.45, 7) is 3.32. The normalized spacial score (nSPS) is 10.6. The monoisotopic (exact) mass is 294 g/mol. The van der Waals surface area contributed by atoms with E-state index in [1.807, 2.05) is 44.4 Å². The molecule has 0 aliphatic carbocycles. The molecule has 0 atom stereocenters. The minimum Gasteiger partial charge on any atom is -0.445 e. The van der Waals surface area contributed by atoms with Crippen LogP contribution in [0.1, 0.15) is 18.4 Å². The Morgan fingerprint density at radius 1 is 1.14 bits per heavy atom. The maximum atomic E-state index is 11.4. The summed E-state index contributed by atoms with van der Waals surface area (Å²) < 4.78 is 10.6. The van der Waals surface area contributed by atoms with Gasteiger partial charge in [-0.25, -0.2) is 4.79 Å². The van der Waals surface area contributed by atoms with E-state index >= 15 is 0 Å². The van der Waals surface area contributed by atoms with Gasteiger partial charge >= 0.3 is 6.09 Å². The number of rotatable bonds is 10. The highest BCUT2D eigenvalue weighted by Gasteiger charge is 2.01. The summed E-state index contributed by atoms with van der Waals surface area (Å²) in [6, 6.07) is 9.63. The summed E-state index contributed by atoms with van der Waals surface area (Å²) in [5.74, 6) is 0. The van der Waals surface area contributed by atoms with Crippen LogP contribution in [0.4, 0.5) is 4.79 Å². The predicted octanol–water partition coefficient (Wildman–Crippen LogP) is 2.27. The summed E-state index contributed by atoms with van der Waals surface area (Å²) in [7, 11) is 4.09. The molecule has 0 aromatic heterocycles.